The number of imidazole rings is 1. The number of hydrogen-bond donors (Lipinski definition) is 2. The first-order valence-corrected chi connectivity index (χ1v) is 10.2. The highest BCUT2D eigenvalue weighted by Gasteiger charge is 2.46. The number of benzene rings is 1. The molecule has 1 atom stereocenters. The van der Waals surface area contributed by atoms with Crippen LogP contribution in [0.5, 0.6) is 0 Å². The van der Waals surface area contributed by atoms with Gasteiger partial charge in [-0.05, 0) is 19.0 Å². The number of rotatable bonds is 4. The van der Waals surface area contributed by atoms with Crippen LogP contribution in [0.3, 0.4) is 0 Å². The molecule has 132 valence electrons. The summed E-state index contributed by atoms with van der Waals surface area (Å²) in [5.74, 6) is 0. The molecule has 25 heavy (non-hydrogen) atoms. The maximum atomic E-state index is 13.3. The SMILES string of the molecule is NCCC1(O)CN(S(=O)(=O)c2c(Cl)nc3sccn23)c2ccccc21. The zero-order chi connectivity index (χ0) is 17.8. The van der Waals surface area contributed by atoms with Crippen LogP contribution in [-0.4, -0.2) is 36.0 Å². The molecule has 1 aromatic carbocycles. The fraction of sp³-hybridized carbons (Fsp3) is 0.267. The summed E-state index contributed by atoms with van der Waals surface area (Å²) in [6.07, 6.45) is 1.86. The van der Waals surface area contributed by atoms with Crippen LogP contribution in [0.15, 0.2) is 40.9 Å². The van der Waals surface area contributed by atoms with Gasteiger partial charge in [-0.3, -0.25) is 8.71 Å². The first kappa shape index (κ1) is 16.8. The third-order valence-corrected chi connectivity index (χ3v) is 7.27. The van der Waals surface area contributed by atoms with Crippen molar-refractivity contribution in [1.29, 1.82) is 0 Å². The average molecular weight is 399 g/mol. The molecule has 7 nitrogen and oxygen atoms in total. The molecule has 1 aliphatic heterocycles. The Bertz CT molecular complexity index is 1060. The summed E-state index contributed by atoms with van der Waals surface area (Å²) in [7, 11) is -4.02. The molecule has 0 saturated heterocycles. The summed E-state index contributed by atoms with van der Waals surface area (Å²) >= 11 is 7.41. The molecule has 3 N–H and O–H groups in total. The number of anilines is 1. The third kappa shape index (κ3) is 2.38. The highest BCUT2D eigenvalue weighted by atomic mass is 35.5. The van der Waals surface area contributed by atoms with Crippen LogP contribution in [0.1, 0.15) is 12.0 Å². The Balaban J connectivity index is 1.90. The van der Waals surface area contributed by atoms with Crippen LogP contribution in [0.2, 0.25) is 5.15 Å². The Morgan fingerprint density at radius 3 is 2.92 bits per heavy atom. The minimum absolute atomic E-state index is 0.0846. The van der Waals surface area contributed by atoms with E-state index in [1.165, 1.54) is 20.0 Å². The smallest absolute Gasteiger partial charge is 0.283 e. The second-order valence-electron chi connectivity index (χ2n) is 5.86. The van der Waals surface area contributed by atoms with E-state index in [0.29, 0.717) is 16.2 Å². The minimum atomic E-state index is -4.02. The molecule has 1 aliphatic rings. The van der Waals surface area contributed by atoms with Crippen LogP contribution in [-0.2, 0) is 15.6 Å². The molecule has 2 aromatic heterocycles. The maximum absolute atomic E-state index is 13.3. The minimum Gasteiger partial charge on any atom is -0.383 e. The molecule has 3 aromatic rings. The van der Waals surface area contributed by atoms with Gasteiger partial charge in [0.15, 0.2) is 15.1 Å². The lowest BCUT2D eigenvalue weighted by molar-refractivity contribution is 0.0491. The zero-order valence-corrected chi connectivity index (χ0v) is 15.4. The number of aromatic nitrogens is 2. The first-order chi connectivity index (χ1) is 11.9. The molecule has 0 aliphatic carbocycles. The lowest BCUT2D eigenvalue weighted by atomic mass is 9.93. The van der Waals surface area contributed by atoms with Crippen LogP contribution in [0.25, 0.3) is 4.96 Å². The van der Waals surface area contributed by atoms with Gasteiger partial charge in [-0.15, -0.1) is 11.3 Å². The van der Waals surface area contributed by atoms with Gasteiger partial charge < -0.3 is 10.8 Å². The molecular formula is C15H15ClN4O3S2. The topological polar surface area (TPSA) is 101 Å². The average Bonchev–Trinajstić information content (AvgIpc) is 3.20. The molecule has 10 heteroatoms. The monoisotopic (exact) mass is 398 g/mol. The van der Waals surface area contributed by atoms with Crippen LogP contribution in [0, 0.1) is 0 Å². The Labute approximate surface area is 153 Å². The Kier molecular flexibility index (Phi) is 3.82. The van der Waals surface area contributed by atoms with Crippen molar-refractivity contribution >= 4 is 43.6 Å². The highest BCUT2D eigenvalue weighted by Crippen LogP contribution is 2.44. The maximum Gasteiger partial charge on any atom is 0.283 e. The van der Waals surface area contributed by atoms with E-state index in [4.69, 9.17) is 17.3 Å². The summed E-state index contributed by atoms with van der Waals surface area (Å²) in [5.41, 5.74) is 5.27. The lowest BCUT2D eigenvalue weighted by Crippen LogP contribution is -2.38. The molecule has 4 rings (SSSR count). The number of aliphatic hydroxyl groups is 1. The number of halogens is 1. The van der Waals surface area contributed by atoms with E-state index in [1.807, 2.05) is 0 Å². The van der Waals surface area contributed by atoms with E-state index < -0.39 is 15.6 Å². The van der Waals surface area contributed by atoms with Gasteiger partial charge in [0.2, 0.25) is 0 Å². The molecular weight excluding hydrogens is 384 g/mol. The Morgan fingerprint density at radius 2 is 2.16 bits per heavy atom. The van der Waals surface area contributed by atoms with Crippen LogP contribution >= 0.6 is 22.9 Å². The largest absolute Gasteiger partial charge is 0.383 e. The van der Waals surface area contributed by atoms with E-state index in [2.05, 4.69) is 4.98 Å². The molecule has 0 bridgehead atoms. The highest BCUT2D eigenvalue weighted by molar-refractivity contribution is 7.92. The number of nitrogens with two attached hydrogens (primary N) is 1. The Morgan fingerprint density at radius 1 is 1.40 bits per heavy atom. The van der Waals surface area contributed by atoms with Crippen molar-refractivity contribution in [3.8, 4) is 0 Å². The lowest BCUT2D eigenvalue weighted by Gasteiger charge is -2.24. The number of hydrogen-bond acceptors (Lipinski definition) is 6. The van der Waals surface area contributed by atoms with Gasteiger partial charge in [-0.25, -0.2) is 4.98 Å². The third-order valence-electron chi connectivity index (χ3n) is 4.35. The van der Waals surface area contributed by atoms with Crippen molar-refractivity contribution in [2.24, 2.45) is 5.73 Å². The van der Waals surface area contributed by atoms with Gasteiger partial charge in [0.05, 0.1) is 12.2 Å². The van der Waals surface area contributed by atoms with Crippen molar-refractivity contribution in [1.82, 2.24) is 9.38 Å². The van der Waals surface area contributed by atoms with Crippen molar-refractivity contribution in [3.63, 3.8) is 0 Å². The van der Waals surface area contributed by atoms with Crippen LogP contribution in [0.4, 0.5) is 5.69 Å². The van der Waals surface area contributed by atoms with Crippen molar-refractivity contribution in [3.05, 3.63) is 46.6 Å². The van der Waals surface area contributed by atoms with E-state index in [-0.39, 0.29) is 29.7 Å². The normalized spacial score (nSPS) is 20.4. The molecule has 3 heterocycles. The number of nitrogens with zero attached hydrogens (tertiary/aromatic N) is 3. The summed E-state index contributed by atoms with van der Waals surface area (Å²) < 4.78 is 29.3. The quantitative estimate of drug-likeness (QED) is 0.697. The van der Waals surface area contributed by atoms with Gasteiger partial charge in [0.25, 0.3) is 10.0 Å². The van der Waals surface area contributed by atoms with Gasteiger partial charge in [0, 0.05) is 17.1 Å². The zero-order valence-electron chi connectivity index (χ0n) is 13.0. The van der Waals surface area contributed by atoms with E-state index in [9.17, 15) is 13.5 Å². The molecule has 0 fully saturated rings. The first-order valence-electron chi connectivity index (χ1n) is 7.54. The number of sulfonamides is 1. The van der Waals surface area contributed by atoms with Gasteiger partial charge in [-0.2, -0.15) is 8.42 Å². The Hall–Kier alpha value is -1.65. The molecule has 0 spiro atoms. The second-order valence-corrected chi connectivity index (χ2v) is 8.87. The van der Waals surface area contributed by atoms with Gasteiger partial charge in [0.1, 0.15) is 5.60 Å². The number of thiazole rings is 1. The van der Waals surface area contributed by atoms with Crippen molar-refractivity contribution in [2.75, 3.05) is 17.4 Å². The van der Waals surface area contributed by atoms with E-state index in [1.54, 1.807) is 35.8 Å². The fourth-order valence-electron chi connectivity index (χ4n) is 3.23. The van der Waals surface area contributed by atoms with Crippen LogP contribution < -0.4 is 10.0 Å². The summed E-state index contributed by atoms with van der Waals surface area (Å²) in [6, 6.07) is 6.88. The van der Waals surface area contributed by atoms with Crippen molar-refractivity contribution < 1.29 is 13.5 Å². The van der Waals surface area contributed by atoms with Gasteiger partial charge in [-0.1, -0.05) is 29.8 Å². The number of fused-ring (bicyclic) bond motifs is 2. The summed E-state index contributed by atoms with van der Waals surface area (Å²) in [6.45, 7) is 0.126. The summed E-state index contributed by atoms with van der Waals surface area (Å²) in [4.78, 5) is 4.59. The molecule has 0 saturated carbocycles. The standard InChI is InChI=1S/C15H15ClN4O3S2/c16-12-13(19-7-8-24-14(19)18-12)25(22,23)20-9-15(21,5-6-17)10-3-1-2-4-11(10)20/h1-4,7-8,21H,5-6,9,17H2. The number of β-amino-alcohol motifs (C(OH)–C–C–N with tert-alkyl or cyclic N) is 1. The summed E-state index contributed by atoms with van der Waals surface area (Å²) in [5, 5.41) is 12.5. The van der Waals surface area contributed by atoms with Crippen molar-refractivity contribution in [2.45, 2.75) is 17.0 Å². The molecule has 0 radical (unpaired) electrons. The van der Waals surface area contributed by atoms with E-state index in [0.717, 1.165) is 0 Å². The predicted molar refractivity (Wildman–Crippen MR) is 96.6 cm³/mol. The second kappa shape index (κ2) is 5.68. The van der Waals surface area contributed by atoms with Gasteiger partial charge >= 0.3 is 0 Å². The fourth-order valence-corrected chi connectivity index (χ4v) is 6.18. The molecule has 0 amide bonds. The molecule has 1 unspecified atom stereocenters. The predicted octanol–water partition coefficient (Wildman–Crippen LogP) is 1.79. The van der Waals surface area contributed by atoms with E-state index >= 15 is 0 Å². The number of para-hydroxylation sites is 1.